The summed E-state index contributed by atoms with van der Waals surface area (Å²) in [5.74, 6) is 0.0975. The highest BCUT2D eigenvalue weighted by Crippen LogP contribution is 2.39. The third-order valence-corrected chi connectivity index (χ3v) is 6.29. The molecule has 1 atom stereocenters. The van der Waals surface area contributed by atoms with Crippen molar-refractivity contribution in [2.45, 2.75) is 30.5 Å². The van der Waals surface area contributed by atoms with Gasteiger partial charge in [-0.3, -0.25) is 14.2 Å². The van der Waals surface area contributed by atoms with E-state index in [0.29, 0.717) is 16.1 Å². The lowest BCUT2D eigenvalue weighted by Crippen LogP contribution is -2.47. The lowest BCUT2D eigenvalue weighted by atomic mass is 9.98. The molecule has 6 nitrogen and oxygen atoms in total. The van der Waals surface area contributed by atoms with Crippen molar-refractivity contribution >= 4 is 39.3 Å². The molecule has 0 aliphatic heterocycles. The molecule has 4 rings (SSSR count). The van der Waals surface area contributed by atoms with Gasteiger partial charge in [0, 0.05) is 7.05 Å². The van der Waals surface area contributed by atoms with E-state index in [1.54, 1.807) is 14.0 Å². The number of aromatic nitrogens is 2. The molecule has 0 bridgehead atoms. The van der Waals surface area contributed by atoms with E-state index in [0.717, 1.165) is 23.6 Å². The van der Waals surface area contributed by atoms with Crippen molar-refractivity contribution in [3.05, 3.63) is 46.8 Å². The second kappa shape index (κ2) is 6.95. The largest absolute Gasteiger partial charge is 0.337 e. The van der Waals surface area contributed by atoms with E-state index in [1.807, 2.05) is 36.4 Å². The van der Waals surface area contributed by atoms with Crippen LogP contribution in [0.15, 0.2) is 46.3 Å². The molecule has 0 radical (unpaired) electrons. The first-order chi connectivity index (χ1) is 13.4. The van der Waals surface area contributed by atoms with Crippen molar-refractivity contribution in [3.63, 3.8) is 0 Å². The number of thioether (sulfide) groups is 1. The molecule has 1 aliphatic carbocycles. The monoisotopic (exact) mass is 392 g/mol. The highest BCUT2D eigenvalue weighted by atomic mass is 32.2. The number of nitrogens with zero attached hydrogens (tertiary/aromatic N) is 3. The second-order valence-electron chi connectivity index (χ2n) is 7.40. The zero-order chi connectivity index (χ0) is 19.9. The van der Waals surface area contributed by atoms with Crippen molar-refractivity contribution in [2.75, 3.05) is 5.75 Å². The molecule has 28 heavy (non-hydrogen) atoms. The first kappa shape index (κ1) is 18.5. The van der Waals surface area contributed by atoms with Crippen molar-refractivity contribution < 1.29 is 4.79 Å². The van der Waals surface area contributed by atoms with Crippen LogP contribution in [0.4, 0.5) is 0 Å². The normalized spacial score (nSPS) is 15.9. The van der Waals surface area contributed by atoms with E-state index < -0.39 is 5.54 Å². The number of hydrogen-bond acceptors (Lipinski definition) is 5. The number of fused-ring (bicyclic) bond motifs is 2. The van der Waals surface area contributed by atoms with Crippen LogP contribution < -0.4 is 10.9 Å². The van der Waals surface area contributed by atoms with Gasteiger partial charge >= 0.3 is 0 Å². The number of carbonyl (C=O) groups is 1. The fourth-order valence-corrected chi connectivity index (χ4v) is 4.18. The molecule has 3 aromatic rings. The molecule has 1 fully saturated rings. The molecule has 1 N–H and O–H groups in total. The van der Waals surface area contributed by atoms with E-state index in [1.165, 1.54) is 16.3 Å². The second-order valence-corrected chi connectivity index (χ2v) is 8.34. The lowest BCUT2D eigenvalue weighted by molar-refractivity contribution is -0.119. The fraction of sp³-hybridized carbons (Fsp3) is 0.333. The van der Waals surface area contributed by atoms with Gasteiger partial charge in [-0.2, -0.15) is 5.26 Å². The van der Waals surface area contributed by atoms with Gasteiger partial charge < -0.3 is 5.32 Å². The summed E-state index contributed by atoms with van der Waals surface area (Å²) >= 11 is 1.20. The number of carbonyl (C=O) groups excluding carboxylic acids is 1. The Kier molecular flexibility index (Phi) is 4.60. The highest BCUT2D eigenvalue weighted by Gasteiger charge is 2.42. The first-order valence-corrected chi connectivity index (χ1v) is 10.1. The predicted octanol–water partition coefficient (Wildman–Crippen LogP) is 2.99. The summed E-state index contributed by atoms with van der Waals surface area (Å²) in [5, 5.41) is 15.3. The molecule has 1 saturated carbocycles. The Balaban J connectivity index is 1.59. The molecule has 1 aromatic heterocycles. The van der Waals surface area contributed by atoms with Crippen LogP contribution in [0.3, 0.4) is 0 Å². The van der Waals surface area contributed by atoms with Gasteiger partial charge in [-0.05, 0) is 48.6 Å². The van der Waals surface area contributed by atoms with Gasteiger partial charge in [-0.25, -0.2) is 4.98 Å². The maximum absolute atomic E-state index is 12.8. The summed E-state index contributed by atoms with van der Waals surface area (Å²) < 4.78 is 1.47. The topological polar surface area (TPSA) is 87.8 Å². The Hall–Kier alpha value is -2.85. The van der Waals surface area contributed by atoms with E-state index in [9.17, 15) is 14.9 Å². The predicted molar refractivity (Wildman–Crippen MR) is 110 cm³/mol. The highest BCUT2D eigenvalue weighted by molar-refractivity contribution is 7.99. The van der Waals surface area contributed by atoms with Crippen molar-refractivity contribution in [2.24, 2.45) is 13.0 Å². The molecule has 142 valence electrons. The van der Waals surface area contributed by atoms with Crippen LogP contribution in [0.2, 0.25) is 0 Å². The summed E-state index contributed by atoms with van der Waals surface area (Å²) in [6.45, 7) is 1.77. The lowest BCUT2D eigenvalue weighted by Gasteiger charge is -2.22. The van der Waals surface area contributed by atoms with Crippen LogP contribution >= 0.6 is 11.8 Å². The fourth-order valence-electron chi connectivity index (χ4n) is 3.40. The summed E-state index contributed by atoms with van der Waals surface area (Å²) in [4.78, 5) is 29.7. The third-order valence-electron chi connectivity index (χ3n) is 5.26. The van der Waals surface area contributed by atoms with Crippen LogP contribution in [0.5, 0.6) is 0 Å². The van der Waals surface area contributed by atoms with Crippen LogP contribution in [0, 0.1) is 17.2 Å². The third kappa shape index (κ3) is 3.36. The minimum absolute atomic E-state index is 0.101. The molecule has 7 heteroatoms. The van der Waals surface area contributed by atoms with Gasteiger partial charge in [0.15, 0.2) is 5.16 Å². The summed E-state index contributed by atoms with van der Waals surface area (Å²) in [7, 11) is 1.66. The zero-order valence-corrected chi connectivity index (χ0v) is 16.5. The summed E-state index contributed by atoms with van der Waals surface area (Å²) in [6.07, 6.45) is 1.93. The van der Waals surface area contributed by atoms with Crippen molar-refractivity contribution in [1.82, 2.24) is 14.9 Å². The molecule has 1 aliphatic rings. The van der Waals surface area contributed by atoms with Crippen LogP contribution in [-0.4, -0.2) is 26.8 Å². The minimum Gasteiger partial charge on any atom is -0.337 e. The quantitative estimate of drug-likeness (QED) is 0.410. The molecular formula is C21H20N4O2S. The van der Waals surface area contributed by atoms with Gasteiger partial charge in [0.05, 0.1) is 22.7 Å². The number of nitriles is 1. The number of rotatable bonds is 5. The van der Waals surface area contributed by atoms with Gasteiger partial charge in [-0.1, -0.05) is 36.0 Å². The van der Waals surface area contributed by atoms with E-state index >= 15 is 0 Å². The molecule has 0 saturated heterocycles. The first-order valence-electron chi connectivity index (χ1n) is 9.16. The van der Waals surface area contributed by atoms with Gasteiger partial charge in [0.25, 0.3) is 5.56 Å². The number of amides is 1. The van der Waals surface area contributed by atoms with Crippen LogP contribution in [-0.2, 0) is 11.8 Å². The van der Waals surface area contributed by atoms with E-state index in [4.69, 9.17) is 0 Å². The molecule has 1 heterocycles. The van der Waals surface area contributed by atoms with Gasteiger partial charge in [0.1, 0.15) is 5.54 Å². The molecule has 0 unspecified atom stereocenters. The number of benzene rings is 2. The Bertz CT molecular complexity index is 1190. The van der Waals surface area contributed by atoms with Gasteiger partial charge in [-0.15, -0.1) is 0 Å². The number of nitrogens with one attached hydrogen (secondary N) is 1. The Morgan fingerprint density at radius 1 is 1.36 bits per heavy atom. The standard InChI is InChI=1S/C21H20N4O2S/c1-21(12-22,15-7-8-15)24-18(26)11-28-20-23-17-10-14-6-4-3-5-13(14)9-16(17)19(27)25(20)2/h3-6,9-10,15H,7-8,11H2,1-2H3,(H,24,26)/t21-/m1/s1. The van der Waals surface area contributed by atoms with Crippen LogP contribution in [0.1, 0.15) is 19.8 Å². The summed E-state index contributed by atoms with van der Waals surface area (Å²) in [6, 6.07) is 13.8. The zero-order valence-electron chi connectivity index (χ0n) is 15.7. The molecule has 1 amide bonds. The smallest absolute Gasteiger partial charge is 0.261 e. The van der Waals surface area contributed by atoms with Crippen molar-refractivity contribution in [3.8, 4) is 6.07 Å². The van der Waals surface area contributed by atoms with Crippen LogP contribution in [0.25, 0.3) is 21.7 Å². The molecule has 2 aromatic carbocycles. The molecule has 0 spiro atoms. The molecular weight excluding hydrogens is 372 g/mol. The number of hydrogen-bond donors (Lipinski definition) is 1. The Morgan fingerprint density at radius 2 is 2.04 bits per heavy atom. The van der Waals surface area contributed by atoms with Crippen molar-refractivity contribution in [1.29, 1.82) is 5.26 Å². The van der Waals surface area contributed by atoms with Gasteiger partial charge in [0.2, 0.25) is 5.91 Å². The summed E-state index contributed by atoms with van der Waals surface area (Å²) in [5.41, 5.74) is -0.345. The maximum atomic E-state index is 12.8. The van der Waals surface area contributed by atoms with E-state index in [-0.39, 0.29) is 23.1 Å². The van der Waals surface area contributed by atoms with E-state index in [2.05, 4.69) is 16.4 Å². The average Bonchev–Trinajstić information content (AvgIpc) is 3.54. The SMILES string of the molecule is Cn1c(SCC(=O)N[C@](C)(C#N)C2CC2)nc2cc3ccccc3cc2c1=O. The average molecular weight is 392 g/mol. The maximum Gasteiger partial charge on any atom is 0.261 e. The minimum atomic E-state index is -0.820. The Morgan fingerprint density at radius 3 is 2.68 bits per heavy atom. The Labute approximate surface area is 166 Å².